The molecule has 124 valence electrons. The molecule has 0 radical (unpaired) electrons. The second-order valence-electron chi connectivity index (χ2n) is 4.98. The molecule has 0 fully saturated rings. The number of nitrogens with one attached hydrogen (secondary N) is 1. The zero-order valence-corrected chi connectivity index (χ0v) is 13.5. The number of hydrogen-bond acceptors (Lipinski definition) is 4. The van der Waals surface area contributed by atoms with Crippen molar-refractivity contribution in [1.29, 1.82) is 0 Å². The Balaban J connectivity index is 3.28. The lowest BCUT2D eigenvalue weighted by Crippen LogP contribution is -2.37. The van der Waals surface area contributed by atoms with Crippen molar-refractivity contribution < 1.29 is 27.8 Å². The van der Waals surface area contributed by atoms with Crippen LogP contribution in [-0.2, 0) is 11.0 Å². The summed E-state index contributed by atoms with van der Waals surface area (Å²) < 4.78 is 44.5. The van der Waals surface area contributed by atoms with Crippen LogP contribution in [-0.4, -0.2) is 28.6 Å². The van der Waals surface area contributed by atoms with Gasteiger partial charge in [-0.1, -0.05) is 15.9 Å². The summed E-state index contributed by atoms with van der Waals surface area (Å²) in [5.41, 5.74) is 1.69. The smallest absolute Gasteiger partial charge is 0.418 e. The van der Waals surface area contributed by atoms with Gasteiger partial charge < -0.3 is 20.9 Å². The van der Waals surface area contributed by atoms with Crippen molar-refractivity contribution in [3.63, 3.8) is 0 Å². The van der Waals surface area contributed by atoms with Crippen LogP contribution in [0.1, 0.15) is 19.4 Å². The average molecular weight is 385 g/mol. The van der Waals surface area contributed by atoms with E-state index in [-0.39, 0.29) is 18.0 Å². The molecule has 0 saturated heterocycles. The number of nitrogen functional groups attached to an aromatic ring is 1. The predicted octanol–water partition coefficient (Wildman–Crippen LogP) is 2.77. The third-order valence-corrected chi connectivity index (χ3v) is 2.91. The number of hydrogen-bond donors (Lipinski definition) is 3. The topological polar surface area (TPSA) is 84.6 Å². The molecule has 1 rings (SSSR count). The molecule has 22 heavy (non-hydrogen) atoms. The Bertz CT molecular complexity index is 557. The van der Waals surface area contributed by atoms with E-state index in [1.165, 1.54) is 6.07 Å². The molecule has 1 amide bonds. The number of alkyl halides is 4. The first-order valence-electron chi connectivity index (χ1n) is 6.20. The SMILES string of the molecule is CC(C)(O)C(=O)Nc1c(N)cc(OCCBr)cc1C(F)(F)F. The highest BCUT2D eigenvalue weighted by atomic mass is 79.9. The van der Waals surface area contributed by atoms with Gasteiger partial charge in [0.15, 0.2) is 0 Å². The zero-order chi connectivity index (χ0) is 17.1. The number of rotatable bonds is 5. The van der Waals surface area contributed by atoms with Crippen molar-refractivity contribution in [2.24, 2.45) is 0 Å². The third-order valence-electron chi connectivity index (χ3n) is 2.59. The molecular formula is C13H16BrF3N2O3. The van der Waals surface area contributed by atoms with Crippen LogP contribution in [0.3, 0.4) is 0 Å². The molecule has 0 unspecified atom stereocenters. The summed E-state index contributed by atoms with van der Waals surface area (Å²) in [7, 11) is 0. The number of halogens is 4. The number of benzene rings is 1. The van der Waals surface area contributed by atoms with E-state index in [0.29, 0.717) is 5.33 Å². The number of ether oxygens (including phenoxy) is 1. The lowest BCUT2D eigenvalue weighted by molar-refractivity contribution is -0.137. The molecule has 1 aromatic rings. The van der Waals surface area contributed by atoms with Gasteiger partial charge in [0.1, 0.15) is 11.4 Å². The molecule has 4 N–H and O–H groups in total. The van der Waals surface area contributed by atoms with Gasteiger partial charge >= 0.3 is 6.18 Å². The van der Waals surface area contributed by atoms with Gasteiger partial charge in [-0.15, -0.1) is 0 Å². The Morgan fingerprint density at radius 1 is 1.41 bits per heavy atom. The molecule has 0 aliphatic rings. The number of carbonyl (C=O) groups excluding carboxylic acids is 1. The molecule has 5 nitrogen and oxygen atoms in total. The molecule has 0 aromatic heterocycles. The summed E-state index contributed by atoms with van der Waals surface area (Å²) in [5.74, 6) is -1.07. The Kier molecular flexibility index (Phi) is 5.69. The van der Waals surface area contributed by atoms with Crippen LogP contribution >= 0.6 is 15.9 Å². The molecule has 0 atom stereocenters. The minimum absolute atomic E-state index is 0.0643. The van der Waals surface area contributed by atoms with E-state index >= 15 is 0 Å². The van der Waals surface area contributed by atoms with Crippen molar-refractivity contribution in [2.75, 3.05) is 23.0 Å². The predicted molar refractivity (Wildman–Crippen MR) is 80.1 cm³/mol. The standard InChI is InChI=1S/C13H16BrF3N2O3/c1-12(2,21)11(20)19-10-8(13(15,16)17)5-7(6-9(10)18)22-4-3-14/h5-6,21H,3-4,18H2,1-2H3,(H,19,20). The first kappa shape index (κ1) is 18.6. The fourth-order valence-electron chi connectivity index (χ4n) is 1.51. The van der Waals surface area contributed by atoms with Crippen molar-refractivity contribution in [3.05, 3.63) is 17.7 Å². The average Bonchev–Trinajstić information content (AvgIpc) is 2.36. The monoisotopic (exact) mass is 384 g/mol. The highest BCUT2D eigenvalue weighted by Crippen LogP contribution is 2.41. The molecule has 9 heteroatoms. The summed E-state index contributed by atoms with van der Waals surface area (Å²) in [5, 5.41) is 12.0. The van der Waals surface area contributed by atoms with Crippen LogP contribution in [0, 0.1) is 0 Å². The number of aliphatic hydroxyl groups is 1. The fraction of sp³-hybridized carbons (Fsp3) is 0.462. The molecule has 0 heterocycles. The van der Waals surface area contributed by atoms with Crippen LogP contribution in [0.2, 0.25) is 0 Å². The molecular weight excluding hydrogens is 369 g/mol. The van der Waals surface area contributed by atoms with Crippen molar-refractivity contribution in [3.8, 4) is 5.75 Å². The maximum atomic E-state index is 13.1. The number of carbonyl (C=O) groups is 1. The quantitative estimate of drug-likeness (QED) is 0.538. The third kappa shape index (κ3) is 4.77. The molecule has 0 saturated carbocycles. The highest BCUT2D eigenvalue weighted by molar-refractivity contribution is 9.09. The Hall–Kier alpha value is -1.48. The van der Waals surface area contributed by atoms with Gasteiger partial charge in [0, 0.05) is 11.4 Å². The second-order valence-corrected chi connectivity index (χ2v) is 5.78. The Morgan fingerprint density at radius 3 is 2.45 bits per heavy atom. The van der Waals surface area contributed by atoms with Gasteiger partial charge in [-0.2, -0.15) is 13.2 Å². The van der Waals surface area contributed by atoms with Crippen molar-refractivity contribution in [2.45, 2.75) is 25.6 Å². The van der Waals surface area contributed by atoms with Crippen LogP contribution < -0.4 is 15.8 Å². The minimum Gasteiger partial charge on any atom is -0.493 e. The van der Waals surface area contributed by atoms with E-state index in [2.05, 4.69) is 15.9 Å². The minimum atomic E-state index is -4.75. The Labute approximate surface area is 133 Å². The normalized spacial score (nSPS) is 12.1. The van der Waals surface area contributed by atoms with Crippen molar-refractivity contribution >= 4 is 33.2 Å². The van der Waals surface area contributed by atoms with Gasteiger partial charge in [-0.05, 0) is 19.9 Å². The summed E-state index contributed by atoms with van der Waals surface area (Å²) in [6.45, 7) is 2.46. The van der Waals surface area contributed by atoms with Gasteiger partial charge in [0.25, 0.3) is 5.91 Å². The van der Waals surface area contributed by atoms with Gasteiger partial charge in [0.2, 0.25) is 0 Å². The number of amides is 1. The number of nitrogens with two attached hydrogens (primary N) is 1. The molecule has 0 aliphatic heterocycles. The number of anilines is 2. The van der Waals surface area contributed by atoms with Crippen LogP contribution in [0.5, 0.6) is 5.75 Å². The molecule has 0 aliphatic carbocycles. The first-order valence-corrected chi connectivity index (χ1v) is 7.32. The maximum Gasteiger partial charge on any atom is 0.418 e. The molecule has 0 spiro atoms. The van der Waals surface area contributed by atoms with Crippen molar-refractivity contribution in [1.82, 2.24) is 0 Å². The summed E-state index contributed by atoms with van der Waals surface area (Å²) in [6.07, 6.45) is -4.75. The Morgan fingerprint density at radius 2 is 2.00 bits per heavy atom. The van der Waals surface area contributed by atoms with Gasteiger partial charge in [0.05, 0.1) is 23.5 Å². The van der Waals surface area contributed by atoms with E-state index in [1.54, 1.807) is 0 Å². The van der Waals surface area contributed by atoms with E-state index in [9.17, 15) is 23.1 Å². The maximum absolute atomic E-state index is 13.1. The molecule has 0 bridgehead atoms. The van der Waals surface area contributed by atoms with Gasteiger partial charge in [-0.3, -0.25) is 4.79 Å². The van der Waals surface area contributed by atoms with E-state index in [1.807, 2.05) is 5.32 Å². The van der Waals surface area contributed by atoms with E-state index in [0.717, 1.165) is 19.9 Å². The summed E-state index contributed by atoms with van der Waals surface area (Å²) in [4.78, 5) is 11.7. The highest BCUT2D eigenvalue weighted by Gasteiger charge is 2.37. The lowest BCUT2D eigenvalue weighted by Gasteiger charge is -2.21. The lowest BCUT2D eigenvalue weighted by atomic mass is 10.1. The summed E-state index contributed by atoms with van der Waals surface area (Å²) in [6, 6.07) is 1.93. The largest absolute Gasteiger partial charge is 0.493 e. The van der Waals surface area contributed by atoms with E-state index in [4.69, 9.17) is 10.5 Å². The van der Waals surface area contributed by atoms with Crippen LogP contribution in [0.15, 0.2) is 12.1 Å². The second kappa shape index (κ2) is 6.74. The van der Waals surface area contributed by atoms with Crippen LogP contribution in [0.4, 0.5) is 24.5 Å². The first-order chi connectivity index (χ1) is 9.96. The zero-order valence-electron chi connectivity index (χ0n) is 11.9. The molecule has 1 aromatic carbocycles. The van der Waals surface area contributed by atoms with Crippen LogP contribution in [0.25, 0.3) is 0 Å². The fourth-order valence-corrected chi connectivity index (χ4v) is 1.67. The van der Waals surface area contributed by atoms with E-state index < -0.39 is 28.9 Å². The summed E-state index contributed by atoms with van der Waals surface area (Å²) >= 11 is 3.09. The van der Waals surface area contributed by atoms with Gasteiger partial charge in [-0.25, -0.2) is 0 Å².